The van der Waals surface area contributed by atoms with E-state index in [1.54, 1.807) is 6.92 Å². The maximum Gasteiger partial charge on any atom is 0.225 e. The third-order valence-corrected chi connectivity index (χ3v) is 3.85. The number of aliphatic hydroxyl groups excluding tert-OH is 1. The molecule has 0 saturated carbocycles. The highest BCUT2D eigenvalue weighted by Gasteiger charge is 2.19. The Morgan fingerprint density at radius 1 is 1.00 bits per heavy atom. The standard InChI is InChI=1S/C19H22F2N2O2/c1-12(11-18(24)23-17-9-7-16(21)8-10-17)22-13(2)19(25)14-3-5-15(20)6-4-14/h3-10,12-13,19,22,25H,11H2,1-2H3,(H,23,24). The molecule has 0 aromatic heterocycles. The van der Waals surface area contributed by atoms with Crippen LogP contribution in [0.25, 0.3) is 0 Å². The van der Waals surface area contributed by atoms with Gasteiger partial charge in [0, 0.05) is 24.2 Å². The first-order chi connectivity index (χ1) is 11.8. The van der Waals surface area contributed by atoms with Crippen LogP contribution in [-0.4, -0.2) is 23.1 Å². The molecule has 0 radical (unpaired) electrons. The second-order valence-electron chi connectivity index (χ2n) is 6.11. The van der Waals surface area contributed by atoms with E-state index < -0.39 is 6.10 Å². The molecular weight excluding hydrogens is 326 g/mol. The van der Waals surface area contributed by atoms with E-state index in [9.17, 15) is 18.7 Å². The number of carbonyl (C=O) groups excluding carboxylic acids is 1. The zero-order chi connectivity index (χ0) is 18.4. The average molecular weight is 348 g/mol. The summed E-state index contributed by atoms with van der Waals surface area (Å²) >= 11 is 0. The largest absolute Gasteiger partial charge is 0.387 e. The van der Waals surface area contributed by atoms with Crippen LogP contribution in [0, 0.1) is 11.6 Å². The molecule has 0 spiro atoms. The Bertz CT molecular complexity index is 690. The molecule has 6 heteroatoms. The summed E-state index contributed by atoms with van der Waals surface area (Å²) in [6.07, 6.45) is -0.624. The summed E-state index contributed by atoms with van der Waals surface area (Å²) in [6, 6.07) is 10.7. The van der Waals surface area contributed by atoms with Crippen LogP contribution < -0.4 is 10.6 Å². The molecule has 2 aromatic carbocycles. The van der Waals surface area contributed by atoms with E-state index in [1.165, 1.54) is 48.5 Å². The highest BCUT2D eigenvalue weighted by molar-refractivity contribution is 5.91. The highest BCUT2D eigenvalue weighted by atomic mass is 19.1. The molecule has 0 fully saturated rings. The van der Waals surface area contributed by atoms with Crippen LogP contribution in [0.1, 0.15) is 31.9 Å². The third-order valence-electron chi connectivity index (χ3n) is 3.85. The smallest absolute Gasteiger partial charge is 0.225 e. The summed E-state index contributed by atoms with van der Waals surface area (Å²) in [5, 5.41) is 16.1. The second kappa shape index (κ2) is 8.69. The minimum absolute atomic E-state index is 0.189. The molecule has 3 atom stereocenters. The normalized spacial score (nSPS) is 14.6. The van der Waals surface area contributed by atoms with Crippen LogP contribution in [-0.2, 0) is 4.79 Å². The average Bonchev–Trinajstić information content (AvgIpc) is 2.56. The van der Waals surface area contributed by atoms with Crippen LogP contribution in [0.3, 0.4) is 0 Å². The Morgan fingerprint density at radius 2 is 1.52 bits per heavy atom. The Labute approximate surface area is 145 Å². The maximum absolute atomic E-state index is 12.9. The van der Waals surface area contributed by atoms with Crippen LogP contribution in [0.15, 0.2) is 48.5 Å². The van der Waals surface area contributed by atoms with Gasteiger partial charge in [-0.2, -0.15) is 0 Å². The minimum atomic E-state index is -0.816. The number of carbonyl (C=O) groups is 1. The van der Waals surface area contributed by atoms with E-state index in [0.717, 1.165) is 0 Å². The van der Waals surface area contributed by atoms with Crippen molar-refractivity contribution in [2.75, 3.05) is 5.32 Å². The Kier molecular flexibility index (Phi) is 6.61. The highest BCUT2D eigenvalue weighted by Crippen LogP contribution is 2.18. The Morgan fingerprint density at radius 3 is 2.08 bits per heavy atom. The monoisotopic (exact) mass is 348 g/mol. The number of rotatable bonds is 7. The van der Waals surface area contributed by atoms with Gasteiger partial charge in [-0.05, 0) is 55.8 Å². The zero-order valence-corrected chi connectivity index (χ0v) is 14.2. The first-order valence-electron chi connectivity index (χ1n) is 8.10. The van der Waals surface area contributed by atoms with Gasteiger partial charge < -0.3 is 15.7 Å². The van der Waals surface area contributed by atoms with E-state index in [4.69, 9.17) is 0 Å². The first kappa shape index (κ1) is 19.0. The molecule has 3 N–H and O–H groups in total. The number of hydrogen-bond donors (Lipinski definition) is 3. The second-order valence-corrected chi connectivity index (χ2v) is 6.11. The number of nitrogens with one attached hydrogen (secondary N) is 2. The third kappa shape index (κ3) is 5.92. The van der Waals surface area contributed by atoms with Crippen molar-refractivity contribution in [1.82, 2.24) is 5.32 Å². The summed E-state index contributed by atoms with van der Waals surface area (Å²) in [5.41, 5.74) is 1.13. The van der Waals surface area contributed by atoms with Gasteiger partial charge in [-0.25, -0.2) is 8.78 Å². The number of amides is 1. The molecule has 0 aliphatic carbocycles. The summed E-state index contributed by atoms with van der Waals surface area (Å²) < 4.78 is 25.8. The van der Waals surface area contributed by atoms with Crippen molar-refractivity contribution in [3.05, 3.63) is 65.7 Å². The van der Waals surface area contributed by atoms with Crippen molar-refractivity contribution in [1.29, 1.82) is 0 Å². The van der Waals surface area contributed by atoms with Gasteiger partial charge in [-0.1, -0.05) is 12.1 Å². The van der Waals surface area contributed by atoms with Gasteiger partial charge in [0.1, 0.15) is 11.6 Å². The minimum Gasteiger partial charge on any atom is -0.387 e. The van der Waals surface area contributed by atoms with Gasteiger partial charge in [0.15, 0.2) is 0 Å². The number of benzene rings is 2. The SMILES string of the molecule is CC(CC(=O)Nc1ccc(F)cc1)NC(C)C(O)c1ccc(F)cc1. The van der Waals surface area contributed by atoms with Gasteiger partial charge in [-0.3, -0.25) is 4.79 Å². The van der Waals surface area contributed by atoms with E-state index in [1.807, 2.05) is 6.92 Å². The van der Waals surface area contributed by atoms with Crippen molar-refractivity contribution in [3.63, 3.8) is 0 Å². The van der Waals surface area contributed by atoms with Gasteiger partial charge in [-0.15, -0.1) is 0 Å². The van der Waals surface area contributed by atoms with Crippen molar-refractivity contribution < 1.29 is 18.7 Å². The Balaban J connectivity index is 1.83. The van der Waals surface area contributed by atoms with E-state index in [-0.39, 0.29) is 36.0 Å². The lowest BCUT2D eigenvalue weighted by molar-refractivity contribution is -0.116. The van der Waals surface area contributed by atoms with Gasteiger partial charge in [0.2, 0.25) is 5.91 Å². The summed E-state index contributed by atoms with van der Waals surface area (Å²) in [5.74, 6) is -0.936. The molecule has 134 valence electrons. The number of aliphatic hydroxyl groups is 1. The van der Waals surface area contributed by atoms with Crippen LogP contribution in [0.4, 0.5) is 14.5 Å². The molecular formula is C19H22F2N2O2. The van der Waals surface area contributed by atoms with Crippen molar-refractivity contribution in [2.24, 2.45) is 0 Å². The molecule has 1 amide bonds. The number of hydrogen-bond acceptors (Lipinski definition) is 3. The molecule has 2 aromatic rings. The van der Waals surface area contributed by atoms with Crippen molar-refractivity contribution >= 4 is 11.6 Å². The maximum atomic E-state index is 12.9. The topological polar surface area (TPSA) is 61.4 Å². The fraction of sp³-hybridized carbons (Fsp3) is 0.316. The van der Waals surface area contributed by atoms with Crippen LogP contribution in [0.2, 0.25) is 0 Å². The van der Waals surface area contributed by atoms with Crippen LogP contribution >= 0.6 is 0 Å². The van der Waals surface area contributed by atoms with E-state index in [2.05, 4.69) is 10.6 Å². The Hall–Kier alpha value is -2.31. The molecule has 0 aliphatic heterocycles. The summed E-state index contributed by atoms with van der Waals surface area (Å²) in [4.78, 5) is 12.0. The molecule has 0 saturated heterocycles. The zero-order valence-electron chi connectivity index (χ0n) is 14.2. The van der Waals surface area contributed by atoms with E-state index >= 15 is 0 Å². The van der Waals surface area contributed by atoms with Crippen molar-refractivity contribution in [3.8, 4) is 0 Å². The predicted molar refractivity (Wildman–Crippen MR) is 93.1 cm³/mol. The molecule has 0 heterocycles. The fourth-order valence-electron chi connectivity index (χ4n) is 2.57. The summed E-state index contributed by atoms with van der Waals surface area (Å²) in [6.45, 7) is 3.63. The molecule has 0 bridgehead atoms. The molecule has 4 nitrogen and oxygen atoms in total. The van der Waals surface area contributed by atoms with Crippen LogP contribution in [0.5, 0.6) is 0 Å². The lowest BCUT2D eigenvalue weighted by Gasteiger charge is -2.24. The van der Waals surface area contributed by atoms with E-state index in [0.29, 0.717) is 11.3 Å². The van der Waals surface area contributed by atoms with Gasteiger partial charge in [0.05, 0.1) is 6.10 Å². The fourth-order valence-corrected chi connectivity index (χ4v) is 2.57. The van der Waals surface area contributed by atoms with Gasteiger partial charge in [0.25, 0.3) is 0 Å². The lowest BCUT2D eigenvalue weighted by atomic mass is 10.0. The van der Waals surface area contributed by atoms with Gasteiger partial charge >= 0.3 is 0 Å². The molecule has 0 aliphatic rings. The lowest BCUT2D eigenvalue weighted by Crippen LogP contribution is -2.40. The number of halogens is 2. The van der Waals surface area contributed by atoms with Crippen molar-refractivity contribution in [2.45, 2.75) is 38.5 Å². The predicted octanol–water partition coefficient (Wildman–Crippen LogP) is 3.39. The number of anilines is 1. The molecule has 2 rings (SSSR count). The molecule has 3 unspecified atom stereocenters. The molecule has 25 heavy (non-hydrogen) atoms. The quantitative estimate of drug-likeness (QED) is 0.719. The summed E-state index contributed by atoms with van der Waals surface area (Å²) in [7, 11) is 0. The first-order valence-corrected chi connectivity index (χ1v) is 8.10.